The molecule has 0 radical (unpaired) electrons. The highest BCUT2D eigenvalue weighted by Crippen LogP contribution is 2.19. The van der Waals surface area contributed by atoms with Gasteiger partial charge in [0.2, 0.25) is 10.0 Å². The third-order valence-electron chi connectivity index (χ3n) is 2.20. The highest BCUT2D eigenvalue weighted by atomic mass is 32.2. The second kappa shape index (κ2) is 5.98. The number of aromatic nitrogens is 1. The first-order valence-corrected chi connectivity index (χ1v) is 8.08. The number of nitrogens with two attached hydrogens (primary N) is 1. The van der Waals surface area contributed by atoms with Crippen molar-refractivity contribution in [1.29, 1.82) is 0 Å². The van der Waals surface area contributed by atoms with Crippen molar-refractivity contribution in [2.75, 3.05) is 22.0 Å². The Morgan fingerprint density at radius 3 is 2.63 bits per heavy atom. The van der Waals surface area contributed by atoms with E-state index in [1.165, 1.54) is 24.1 Å². The van der Waals surface area contributed by atoms with Gasteiger partial charge in [-0.3, -0.25) is 4.72 Å². The normalized spacial score (nSPS) is 11.4. The van der Waals surface area contributed by atoms with Gasteiger partial charge in [0.1, 0.15) is 6.26 Å². The van der Waals surface area contributed by atoms with Crippen LogP contribution < -0.4 is 10.5 Å². The van der Waals surface area contributed by atoms with E-state index >= 15 is 0 Å². The van der Waals surface area contributed by atoms with Gasteiger partial charge in [0.25, 0.3) is 0 Å². The van der Waals surface area contributed by atoms with Gasteiger partial charge in [-0.05, 0) is 24.3 Å². The summed E-state index contributed by atoms with van der Waals surface area (Å²) in [5.41, 5.74) is 6.25. The summed E-state index contributed by atoms with van der Waals surface area (Å²) < 4.78 is 30.3. The van der Waals surface area contributed by atoms with Gasteiger partial charge >= 0.3 is 0 Å². The van der Waals surface area contributed by atoms with E-state index in [-0.39, 0.29) is 11.6 Å². The Morgan fingerprint density at radius 1 is 1.26 bits per heavy atom. The van der Waals surface area contributed by atoms with Gasteiger partial charge in [-0.2, -0.15) is 0 Å². The number of anilines is 2. The van der Waals surface area contributed by atoms with Crippen LogP contribution in [0.3, 0.4) is 0 Å². The number of sulfonamides is 1. The Bertz CT molecular complexity index is 609. The van der Waals surface area contributed by atoms with Crippen LogP contribution in [0.5, 0.6) is 0 Å². The molecule has 0 aliphatic heterocycles. The molecule has 0 bridgehead atoms. The number of nitrogens with zero attached hydrogens (tertiary/aromatic N) is 1. The third-order valence-corrected chi connectivity index (χ3v) is 4.73. The number of nitrogen functional groups attached to an aromatic ring is 1. The first-order chi connectivity index (χ1) is 9.05. The highest BCUT2D eigenvalue weighted by molar-refractivity contribution is 8.01. The van der Waals surface area contributed by atoms with Crippen molar-refractivity contribution in [3.8, 4) is 0 Å². The predicted molar refractivity (Wildman–Crippen MR) is 75.5 cm³/mol. The molecule has 0 atom stereocenters. The van der Waals surface area contributed by atoms with Gasteiger partial charge in [-0.25, -0.2) is 8.42 Å². The van der Waals surface area contributed by atoms with Gasteiger partial charge in [-0.1, -0.05) is 5.16 Å². The average molecular weight is 299 g/mol. The largest absolute Gasteiger partial charge is 0.399 e. The monoisotopic (exact) mass is 299 g/mol. The Kier molecular flexibility index (Phi) is 4.33. The van der Waals surface area contributed by atoms with Gasteiger partial charge in [0, 0.05) is 22.4 Å². The molecule has 0 fully saturated rings. The molecule has 0 aliphatic rings. The van der Waals surface area contributed by atoms with Crippen LogP contribution in [0.2, 0.25) is 0 Å². The van der Waals surface area contributed by atoms with E-state index < -0.39 is 10.0 Å². The van der Waals surface area contributed by atoms with Crippen molar-refractivity contribution in [1.82, 2.24) is 5.16 Å². The van der Waals surface area contributed by atoms with Crippen molar-refractivity contribution < 1.29 is 12.9 Å². The summed E-state index contributed by atoms with van der Waals surface area (Å²) in [5.74, 6) is 0.629. The summed E-state index contributed by atoms with van der Waals surface area (Å²) in [6.07, 6.45) is 1.31. The van der Waals surface area contributed by atoms with E-state index in [2.05, 4.69) is 14.4 Å². The Balaban J connectivity index is 1.83. The highest BCUT2D eigenvalue weighted by Gasteiger charge is 2.11. The van der Waals surface area contributed by atoms with Gasteiger partial charge in [0.05, 0.1) is 5.75 Å². The van der Waals surface area contributed by atoms with Gasteiger partial charge in [0.15, 0.2) is 5.82 Å². The van der Waals surface area contributed by atoms with Crippen LogP contribution in [0.15, 0.2) is 46.0 Å². The Labute approximate surface area is 115 Å². The summed E-state index contributed by atoms with van der Waals surface area (Å²) in [4.78, 5) is 0.978. The molecule has 19 heavy (non-hydrogen) atoms. The maximum atomic E-state index is 11.7. The SMILES string of the molecule is Nc1ccc(SCCS(=O)(=O)Nc2ccon2)cc1. The maximum Gasteiger partial charge on any atom is 0.234 e. The Hall–Kier alpha value is -1.67. The number of benzene rings is 1. The zero-order valence-corrected chi connectivity index (χ0v) is 11.6. The van der Waals surface area contributed by atoms with Crippen molar-refractivity contribution in [3.63, 3.8) is 0 Å². The molecular weight excluding hydrogens is 286 g/mol. The summed E-state index contributed by atoms with van der Waals surface area (Å²) in [5, 5.41) is 3.49. The van der Waals surface area contributed by atoms with Crippen LogP contribution in [0.25, 0.3) is 0 Å². The molecule has 0 unspecified atom stereocenters. The Morgan fingerprint density at radius 2 is 2.00 bits per heavy atom. The molecule has 2 aromatic rings. The van der Waals surface area contributed by atoms with Crippen molar-refractivity contribution in [3.05, 3.63) is 36.6 Å². The zero-order chi connectivity index (χ0) is 13.7. The zero-order valence-electron chi connectivity index (χ0n) is 9.94. The third kappa shape index (κ3) is 4.49. The lowest BCUT2D eigenvalue weighted by atomic mass is 10.3. The lowest BCUT2D eigenvalue weighted by Crippen LogP contribution is -2.18. The average Bonchev–Trinajstić information content (AvgIpc) is 2.83. The first kappa shape index (κ1) is 13.8. The quantitative estimate of drug-likeness (QED) is 0.623. The van der Waals surface area contributed by atoms with Gasteiger partial charge < -0.3 is 10.3 Å². The van der Waals surface area contributed by atoms with Gasteiger partial charge in [-0.15, -0.1) is 11.8 Å². The summed E-state index contributed by atoms with van der Waals surface area (Å²) in [6.45, 7) is 0. The topological polar surface area (TPSA) is 98.2 Å². The minimum Gasteiger partial charge on any atom is -0.399 e. The van der Waals surface area contributed by atoms with Crippen LogP contribution >= 0.6 is 11.8 Å². The molecule has 1 aromatic carbocycles. The molecule has 2 rings (SSSR count). The van der Waals surface area contributed by atoms with E-state index in [0.29, 0.717) is 11.4 Å². The summed E-state index contributed by atoms with van der Waals surface area (Å²) in [6, 6.07) is 8.73. The lowest BCUT2D eigenvalue weighted by Gasteiger charge is -2.05. The molecule has 0 saturated heterocycles. The molecule has 0 saturated carbocycles. The van der Waals surface area contributed by atoms with E-state index in [1.54, 1.807) is 12.1 Å². The minimum absolute atomic E-state index is 0.00506. The lowest BCUT2D eigenvalue weighted by molar-refractivity contribution is 0.423. The van der Waals surface area contributed by atoms with E-state index in [9.17, 15) is 8.42 Å². The van der Waals surface area contributed by atoms with Crippen molar-refractivity contribution in [2.24, 2.45) is 0 Å². The number of hydrogen-bond donors (Lipinski definition) is 2. The van der Waals surface area contributed by atoms with Crippen molar-refractivity contribution in [2.45, 2.75) is 4.90 Å². The minimum atomic E-state index is -3.40. The van der Waals surface area contributed by atoms with Crippen LogP contribution in [-0.2, 0) is 10.0 Å². The smallest absolute Gasteiger partial charge is 0.234 e. The van der Waals surface area contributed by atoms with E-state index in [4.69, 9.17) is 5.73 Å². The molecule has 1 heterocycles. The second-order valence-corrected chi connectivity index (χ2v) is 6.73. The van der Waals surface area contributed by atoms with E-state index in [0.717, 1.165) is 4.90 Å². The van der Waals surface area contributed by atoms with Crippen LogP contribution in [0.4, 0.5) is 11.5 Å². The molecule has 3 N–H and O–H groups in total. The van der Waals surface area contributed by atoms with Crippen LogP contribution in [0, 0.1) is 0 Å². The second-order valence-electron chi connectivity index (χ2n) is 3.72. The summed E-state index contributed by atoms with van der Waals surface area (Å²) in [7, 11) is -3.40. The maximum absolute atomic E-state index is 11.7. The molecule has 6 nitrogen and oxygen atoms in total. The number of thioether (sulfide) groups is 1. The van der Waals surface area contributed by atoms with Crippen LogP contribution in [0.1, 0.15) is 0 Å². The summed E-state index contributed by atoms with van der Waals surface area (Å²) >= 11 is 1.45. The molecule has 0 spiro atoms. The number of rotatable bonds is 6. The van der Waals surface area contributed by atoms with Crippen molar-refractivity contribution >= 4 is 33.3 Å². The number of nitrogens with one attached hydrogen (secondary N) is 1. The molecule has 0 aliphatic carbocycles. The van der Waals surface area contributed by atoms with Crippen LogP contribution in [-0.4, -0.2) is 25.1 Å². The fraction of sp³-hybridized carbons (Fsp3) is 0.182. The molecular formula is C11H13N3O3S2. The molecule has 102 valence electrons. The molecule has 0 amide bonds. The number of hydrogen-bond acceptors (Lipinski definition) is 6. The predicted octanol–water partition coefficient (Wildman–Crippen LogP) is 1.79. The first-order valence-electron chi connectivity index (χ1n) is 5.44. The molecule has 1 aromatic heterocycles. The van der Waals surface area contributed by atoms with E-state index in [1.807, 2.05) is 12.1 Å². The fourth-order valence-electron chi connectivity index (χ4n) is 1.31. The fourth-order valence-corrected chi connectivity index (χ4v) is 3.61. The molecule has 8 heteroatoms. The standard InChI is InChI=1S/C11H13N3O3S2/c12-9-1-3-10(4-2-9)18-7-8-19(15,16)14-11-5-6-17-13-11/h1-6H,7-8,12H2,(H,13,14).